The number of hydrogen-bond donors (Lipinski definition) is 2. The highest BCUT2D eigenvalue weighted by molar-refractivity contribution is 7.83. The maximum atomic E-state index is 12.3. The molecule has 128 valence electrons. The van der Waals surface area contributed by atoms with Crippen molar-refractivity contribution in [3.8, 4) is 0 Å². The van der Waals surface area contributed by atoms with Gasteiger partial charge in [0.25, 0.3) is 5.91 Å². The summed E-state index contributed by atoms with van der Waals surface area (Å²) in [5.74, 6) is 0.245. The lowest BCUT2D eigenvalue weighted by Crippen LogP contribution is -2.33. The Morgan fingerprint density at radius 2 is 1.88 bits per heavy atom. The molecule has 0 aromatic heterocycles. The van der Waals surface area contributed by atoms with Crippen LogP contribution in [0.2, 0.25) is 0 Å². The van der Waals surface area contributed by atoms with E-state index in [1.807, 2.05) is 43.3 Å². The van der Waals surface area contributed by atoms with Crippen molar-refractivity contribution in [3.05, 3.63) is 71.3 Å². The van der Waals surface area contributed by atoms with Crippen molar-refractivity contribution < 1.29 is 14.1 Å². The Bertz CT molecular complexity index is 703. The number of carbonyl (C=O) groups is 1. The van der Waals surface area contributed by atoms with E-state index in [1.165, 1.54) is 0 Å². The smallest absolute Gasteiger partial charge is 0.251 e. The van der Waals surface area contributed by atoms with Gasteiger partial charge in [-0.25, -0.2) is 0 Å². The van der Waals surface area contributed by atoms with Crippen LogP contribution in [0.25, 0.3) is 0 Å². The van der Waals surface area contributed by atoms with Crippen LogP contribution in [0, 0.1) is 0 Å². The highest BCUT2D eigenvalue weighted by atomic mass is 32.2. The highest BCUT2D eigenvalue weighted by Crippen LogP contribution is 2.18. The van der Waals surface area contributed by atoms with Gasteiger partial charge in [0.15, 0.2) is 0 Å². The second-order valence-electron chi connectivity index (χ2n) is 5.95. The van der Waals surface area contributed by atoms with E-state index in [1.54, 1.807) is 24.5 Å². The van der Waals surface area contributed by atoms with Crippen LogP contribution in [0.3, 0.4) is 0 Å². The minimum absolute atomic E-state index is 0.170. The third kappa shape index (κ3) is 5.58. The van der Waals surface area contributed by atoms with E-state index in [4.69, 9.17) is 0 Å². The number of hydrogen-bond acceptors (Lipinski definition) is 3. The molecule has 3 unspecified atom stereocenters. The molecule has 0 aliphatic carbocycles. The van der Waals surface area contributed by atoms with E-state index in [0.717, 1.165) is 11.1 Å². The van der Waals surface area contributed by atoms with Crippen LogP contribution in [-0.2, 0) is 16.6 Å². The summed E-state index contributed by atoms with van der Waals surface area (Å²) in [5, 5.41) is 13.1. The summed E-state index contributed by atoms with van der Waals surface area (Å²) in [6.45, 7) is 1.87. The zero-order valence-electron chi connectivity index (χ0n) is 13.9. The first kappa shape index (κ1) is 18.4. The van der Waals surface area contributed by atoms with Gasteiger partial charge in [0.1, 0.15) is 0 Å². The third-order valence-corrected chi connectivity index (χ3v) is 4.44. The van der Waals surface area contributed by atoms with Crippen molar-refractivity contribution in [2.75, 3.05) is 6.26 Å². The molecule has 3 atom stereocenters. The lowest BCUT2D eigenvalue weighted by atomic mass is 10.0. The summed E-state index contributed by atoms with van der Waals surface area (Å²) in [6, 6.07) is 16.4. The third-order valence-electron chi connectivity index (χ3n) is 3.70. The molecule has 0 fully saturated rings. The molecule has 0 saturated heterocycles. The number of rotatable bonds is 7. The Morgan fingerprint density at radius 3 is 2.54 bits per heavy atom. The Morgan fingerprint density at radius 1 is 1.17 bits per heavy atom. The average molecular weight is 345 g/mol. The highest BCUT2D eigenvalue weighted by Gasteiger charge is 2.15. The topological polar surface area (TPSA) is 66.4 Å². The minimum atomic E-state index is -0.943. The number of aliphatic hydroxyl groups excluding tert-OH is 1. The largest absolute Gasteiger partial charge is 0.388 e. The summed E-state index contributed by atoms with van der Waals surface area (Å²) >= 11 is 0. The molecule has 5 heteroatoms. The first-order valence-corrected chi connectivity index (χ1v) is 9.61. The minimum Gasteiger partial charge on any atom is -0.388 e. The molecule has 1 amide bonds. The van der Waals surface area contributed by atoms with Crippen molar-refractivity contribution >= 4 is 16.7 Å². The van der Waals surface area contributed by atoms with Crippen LogP contribution in [0.5, 0.6) is 0 Å². The molecule has 0 spiro atoms. The van der Waals surface area contributed by atoms with Crippen LogP contribution >= 0.6 is 0 Å². The van der Waals surface area contributed by atoms with Crippen LogP contribution in [0.1, 0.15) is 40.9 Å². The predicted octanol–water partition coefficient (Wildman–Crippen LogP) is 2.81. The van der Waals surface area contributed by atoms with Crippen molar-refractivity contribution in [3.63, 3.8) is 0 Å². The normalized spacial score (nSPS) is 14.6. The van der Waals surface area contributed by atoms with Gasteiger partial charge in [-0.1, -0.05) is 42.5 Å². The van der Waals surface area contributed by atoms with E-state index in [0.29, 0.717) is 17.7 Å². The predicted molar refractivity (Wildman–Crippen MR) is 97.2 cm³/mol. The molecule has 0 bridgehead atoms. The van der Waals surface area contributed by atoms with Crippen LogP contribution < -0.4 is 5.32 Å². The van der Waals surface area contributed by atoms with Gasteiger partial charge < -0.3 is 10.4 Å². The first-order chi connectivity index (χ1) is 11.5. The van der Waals surface area contributed by atoms with Crippen molar-refractivity contribution in [1.29, 1.82) is 0 Å². The average Bonchev–Trinajstić information content (AvgIpc) is 2.55. The molecule has 2 rings (SSSR count). The summed E-state index contributed by atoms with van der Waals surface area (Å²) in [6.07, 6.45) is 1.46. The van der Waals surface area contributed by atoms with Crippen molar-refractivity contribution in [1.82, 2.24) is 5.32 Å². The monoisotopic (exact) mass is 345 g/mol. The van der Waals surface area contributed by atoms with Gasteiger partial charge in [-0.2, -0.15) is 0 Å². The molecule has 24 heavy (non-hydrogen) atoms. The number of aliphatic hydroxyl groups is 1. The van der Waals surface area contributed by atoms with E-state index in [-0.39, 0.29) is 11.9 Å². The zero-order valence-corrected chi connectivity index (χ0v) is 14.8. The maximum absolute atomic E-state index is 12.3. The number of amides is 1. The van der Waals surface area contributed by atoms with E-state index in [9.17, 15) is 14.1 Å². The summed E-state index contributed by atoms with van der Waals surface area (Å²) in [5.41, 5.74) is 2.26. The van der Waals surface area contributed by atoms with E-state index >= 15 is 0 Å². The Labute approximate surface area is 145 Å². The van der Waals surface area contributed by atoms with Crippen LogP contribution in [0.15, 0.2) is 54.6 Å². The summed E-state index contributed by atoms with van der Waals surface area (Å²) < 4.78 is 11.3. The summed E-state index contributed by atoms with van der Waals surface area (Å²) in [7, 11) is -0.943. The molecule has 0 heterocycles. The van der Waals surface area contributed by atoms with Crippen molar-refractivity contribution in [2.45, 2.75) is 31.2 Å². The van der Waals surface area contributed by atoms with Gasteiger partial charge in [-0.05, 0) is 36.6 Å². The van der Waals surface area contributed by atoms with Gasteiger partial charge in [0.05, 0.1) is 6.10 Å². The van der Waals surface area contributed by atoms with Gasteiger partial charge in [0, 0.05) is 34.4 Å². The molecule has 0 radical (unpaired) electrons. The zero-order chi connectivity index (χ0) is 17.5. The lowest BCUT2D eigenvalue weighted by Gasteiger charge is -2.18. The SMILES string of the molecule is CC(CC(O)c1ccccc1)NC(=O)c1cccc(CS(C)=O)c1. The fourth-order valence-electron chi connectivity index (χ4n) is 2.55. The molecule has 2 aromatic rings. The molecular weight excluding hydrogens is 322 g/mol. The van der Waals surface area contributed by atoms with Gasteiger partial charge in [0.2, 0.25) is 0 Å². The van der Waals surface area contributed by atoms with Crippen molar-refractivity contribution in [2.24, 2.45) is 0 Å². The first-order valence-electron chi connectivity index (χ1n) is 7.88. The quantitative estimate of drug-likeness (QED) is 0.811. The Balaban J connectivity index is 1.95. The number of benzene rings is 2. The fourth-order valence-corrected chi connectivity index (χ4v) is 3.20. The van der Waals surface area contributed by atoms with Gasteiger partial charge in [-0.15, -0.1) is 0 Å². The molecule has 0 aliphatic heterocycles. The standard InChI is InChI=1S/C19H23NO3S/c1-14(11-18(21)16-8-4-3-5-9-16)20-19(22)17-10-6-7-15(12-17)13-24(2)23/h3-10,12,14,18,21H,11,13H2,1-2H3,(H,20,22). The van der Waals surface area contributed by atoms with Gasteiger partial charge in [-0.3, -0.25) is 9.00 Å². The van der Waals surface area contributed by atoms with E-state index in [2.05, 4.69) is 5.32 Å². The molecule has 2 N–H and O–H groups in total. The fraction of sp³-hybridized carbons (Fsp3) is 0.316. The number of carbonyl (C=O) groups excluding carboxylic acids is 1. The maximum Gasteiger partial charge on any atom is 0.251 e. The van der Waals surface area contributed by atoms with E-state index < -0.39 is 16.9 Å². The molecule has 0 saturated carbocycles. The van der Waals surface area contributed by atoms with Gasteiger partial charge >= 0.3 is 0 Å². The Hall–Kier alpha value is -1.98. The number of nitrogens with one attached hydrogen (secondary N) is 1. The Kier molecular flexibility index (Phi) is 6.70. The lowest BCUT2D eigenvalue weighted by molar-refractivity contribution is 0.0917. The molecule has 0 aliphatic rings. The second-order valence-corrected chi connectivity index (χ2v) is 7.39. The molecule has 2 aromatic carbocycles. The van der Waals surface area contributed by atoms with Crippen LogP contribution in [0.4, 0.5) is 0 Å². The summed E-state index contributed by atoms with van der Waals surface area (Å²) in [4.78, 5) is 12.3. The van der Waals surface area contributed by atoms with Crippen LogP contribution in [-0.4, -0.2) is 27.5 Å². The molecule has 4 nitrogen and oxygen atoms in total. The second kappa shape index (κ2) is 8.76. The molecular formula is C19H23NO3S.